The fourth-order valence-electron chi connectivity index (χ4n) is 1.58. The Hall–Kier alpha value is -2.09. The number of nitrogens with one attached hydrogen (secondary N) is 1. The van der Waals surface area contributed by atoms with Crippen molar-refractivity contribution in [2.45, 2.75) is 20.3 Å². The van der Waals surface area contributed by atoms with Gasteiger partial charge in [-0.15, -0.1) is 0 Å². The maximum atomic E-state index is 11.6. The first-order chi connectivity index (χ1) is 9.06. The van der Waals surface area contributed by atoms with E-state index in [2.05, 4.69) is 18.5 Å². The minimum atomic E-state index is -0.0115. The lowest BCUT2D eigenvalue weighted by Gasteiger charge is -2.08. The Bertz CT molecular complexity index is 480. The van der Waals surface area contributed by atoms with E-state index in [0.717, 1.165) is 17.7 Å². The number of allylic oxidation sites excluding steroid dienone is 4. The summed E-state index contributed by atoms with van der Waals surface area (Å²) in [6.07, 6.45) is 6.35. The van der Waals surface area contributed by atoms with Gasteiger partial charge in [0.1, 0.15) is 0 Å². The highest BCUT2D eigenvalue weighted by molar-refractivity contribution is 5.92. The van der Waals surface area contributed by atoms with Gasteiger partial charge in [-0.3, -0.25) is 4.79 Å². The van der Waals surface area contributed by atoms with Crippen molar-refractivity contribution in [3.05, 3.63) is 66.8 Å². The molecule has 1 aromatic rings. The second kappa shape index (κ2) is 7.37. The number of anilines is 1. The van der Waals surface area contributed by atoms with Crippen molar-refractivity contribution >= 4 is 11.6 Å². The zero-order valence-corrected chi connectivity index (χ0v) is 11.6. The second-order valence-electron chi connectivity index (χ2n) is 4.70. The molecule has 0 bridgehead atoms. The van der Waals surface area contributed by atoms with E-state index in [9.17, 15) is 4.79 Å². The molecule has 0 saturated carbocycles. The lowest BCUT2D eigenvalue weighted by molar-refractivity contribution is -0.118. The first-order valence-electron chi connectivity index (χ1n) is 6.40. The first kappa shape index (κ1) is 15.0. The van der Waals surface area contributed by atoms with E-state index in [4.69, 9.17) is 0 Å². The van der Waals surface area contributed by atoms with Crippen LogP contribution in [-0.4, -0.2) is 5.91 Å². The summed E-state index contributed by atoms with van der Waals surface area (Å²) in [6.45, 7) is 11.2. The molecule has 0 aliphatic rings. The predicted octanol–water partition coefficient (Wildman–Crippen LogP) is 4.12. The normalized spacial score (nSPS) is 11.2. The van der Waals surface area contributed by atoms with E-state index in [1.807, 2.05) is 50.3 Å². The lowest BCUT2D eigenvalue weighted by Crippen LogP contribution is -2.17. The molecule has 0 heterocycles. The average molecular weight is 255 g/mol. The van der Waals surface area contributed by atoms with E-state index in [0.29, 0.717) is 0 Å². The summed E-state index contributed by atoms with van der Waals surface area (Å²) >= 11 is 0. The van der Waals surface area contributed by atoms with Gasteiger partial charge in [0.05, 0.1) is 0 Å². The molecule has 19 heavy (non-hydrogen) atoms. The summed E-state index contributed by atoms with van der Waals surface area (Å²) in [5.41, 5.74) is 3.12. The Morgan fingerprint density at radius 3 is 2.37 bits per heavy atom. The van der Waals surface area contributed by atoms with Crippen LogP contribution >= 0.6 is 0 Å². The van der Waals surface area contributed by atoms with E-state index in [1.165, 1.54) is 5.56 Å². The molecule has 0 aliphatic carbocycles. The van der Waals surface area contributed by atoms with E-state index >= 15 is 0 Å². The third-order valence-electron chi connectivity index (χ3n) is 2.75. The standard InChI is InChI=1S/C17H21NO/c1-5-7-14(6-2)12-15-8-10-16(11-9-15)18-17(19)13(3)4/h5-11,13H,1-2,12H2,3-4H3,(H,18,19)/b14-7+. The molecule has 1 rings (SSSR count). The number of amides is 1. The molecule has 0 aliphatic heterocycles. The van der Waals surface area contributed by atoms with Crippen LogP contribution in [0, 0.1) is 5.92 Å². The third-order valence-corrected chi connectivity index (χ3v) is 2.75. The molecule has 0 spiro atoms. The van der Waals surface area contributed by atoms with Crippen LogP contribution in [0.3, 0.4) is 0 Å². The van der Waals surface area contributed by atoms with Crippen LogP contribution in [0.5, 0.6) is 0 Å². The van der Waals surface area contributed by atoms with E-state index in [-0.39, 0.29) is 11.8 Å². The fourth-order valence-corrected chi connectivity index (χ4v) is 1.58. The van der Waals surface area contributed by atoms with Gasteiger partial charge >= 0.3 is 0 Å². The lowest BCUT2D eigenvalue weighted by atomic mass is 10.0. The highest BCUT2D eigenvalue weighted by atomic mass is 16.1. The minimum Gasteiger partial charge on any atom is -0.326 e. The Morgan fingerprint density at radius 1 is 1.26 bits per heavy atom. The number of benzene rings is 1. The SMILES string of the molecule is C=C/C=C(\C=C)Cc1ccc(NC(=O)C(C)C)cc1. The van der Waals surface area contributed by atoms with E-state index < -0.39 is 0 Å². The molecule has 1 N–H and O–H groups in total. The Balaban J connectivity index is 2.71. The molecule has 0 atom stereocenters. The quantitative estimate of drug-likeness (QED) is 0.761. The molecule has 0 aromatic heterocycles. The van der Waals surface area contributed by atoms with Gasteiger partial charge in [0.15, 0.2) is 0 Å². The summed E-state index contributed by atoms with van der Waals surface area (Å²) in [5, 5.41) is 2.87. The van der Waals surface area contributed by atoms with Crippen LogP contribution in [0.25, 0.3) is 0 Å². The second-order valence-corrected chi connectivity index (χ2v) is 4.70. The van der Waals surface area contributed by atoms with Gasteiger partial charge in [0, 0.05) is 11.6 Å². The molecule has 2 nitrogen and oxygen atoms in total. The maximum absolute atomic E-state index is 11.6. The minimum absolute atomic E-state index is 0.0115. The molecule has 100 valence electrons. The van der Waals surface area contributed by atoms with Gasteiger partial charge in [-0.25, -0.2) is 0 Å². The van der Waals surface area contributed by atoms with E-state index in [1.54, 1.807) is 6.08 Å². The van der Waals surface area contributed by atoms with Crippen molar-refractivity contribution in [2.75, 3.05) is 5.32 Å². The van der Waals surface area contributed by atoms with Crippen molar-refractivity contribution in [1.82, 2.24) is 0 Å². The summed E-state index contributed by atoms with van der Waals surface area (Å²) < 4.78 is 0. The van der Waals surface area contributed by atoms with Gasteiger partial charge in [-0.2, -0.15) is 0 Å². The predicted molar refractivity (Wildman–Crippen MR) is 82.1 cm³/mol. The first-order valence-corrected chi connectivity index (χ1v) is 6.40. The molecule has 1 amide bonds. The zero-order chi connectivity index (χ0) is 14.3. The largest absolute Gasteiger partial charge is 0.326 e. The van der Waals surface area contributed by atoms with Crippen LogP contribution in [0.15, 0.2) is 61.2 Å². The number of hydrogen-bond acceptors (Lipinski definition) is 1. The van der Waals surface area contributed by atoms with Crippen molar-refractivity contribution < 1.29 is 4.79 Å². The van der Waals surface area contributed by atoms with Gasteiger partial charge < -0.3 is 5.32 Å². The Morgan fingerprint density at radius 2 is 1.89 bits per heavy atom. The molecule has 0 unspecified atom stereocenters. The smallest absolute Gasteiger partial charge is 0.226 e. The van der Waals surface area contributed by atoms with Crippen molar-refractivity contribution in [3.8, 4) is 0 Å². The number of carbonyl (C=O) groups is 1. The summed E-state index contributed by atoms with van der Waals surface area (Å²) in [4.78, 5) is 11.6. The Labute approximate surface area is 115 Å². The molecule has 2 heteroatoms. The van der Waals surface area contributed by atoms with Gasteiger partial charge in [0.25, 0.3) is 0 Å². The summed E-state index contributed by atoms with van der Waals surface area (Å²) in [7, 11) is 0. The molecule has 0 fully saturated rings. The van der Waals surface area contributed by atoms with Gasteiger partial charge in [-0.1, -0.05) is 57.4 Å². The zero-order valence-electron chi connectivity index (χ0n) is 11.6. The van der Waals surface area contributed by atoms with Crippen LogP contribution in [0.1, 0.15) is 19.4 Å². The van der Waals surface area contributed by atoms with Crippen molar-refractivity contribution in [1.29, 1.82) is 0 Å². The van der Waals surface area contributed by atoms with Gasteiger partial charge in [-0.05, 0) is 29.7 Å². The van der Waals surface area contributed by atoms with Crippen molar-refractivity contribution in [2.24, 2.45) is 5.92 Å². The molecule has 0 saturated heterocycles. The summed E-state index contributed by atoms with van der Waals surface area (Å²) in [5.74, 6) is 0.0219. The van der Waals surface area contributed by atoms with Crippen LogP contribution in [-0.2, 0) is 11.2 Å². The van der Waals surface area contributed by atoms with Crippen LogP contribution in [0.4, 0.5) is 5.69 Å². The fraction of sp³-hybridized carbons (Fsp3) is 0.235. The van der Waals surface area contributed by atoms with Gasteiger partial charge in [0.2, 0.25) is 5.91 Å². The maximum Gasteiger partial charge on any atom is 0.226 e. The molecule has 1 aromatic carbocycles. The monoisotopic (exact) mass is 255 g/mol. The summed E-state index contributed by atoms with van der Waals surface area (Å²) in [6, 6.07) is 7.86. The van der Waals surface area contributed by atoms with Crippen LogP contribution in [0.2, 0.25) is 0 Å². The highest BCUT2D eigenvalue weighted by Crippen LogP contribution is 2.14. The van der Waals surface area contributed by atoms with Crippen molar-refractivity contribution in [3.63, 3.8) is 0 Å². The Kier molecular flexibility index (Phi) is 5.80. The number of hydrogen-bond donors (Lipinski definition) is 1. The molecular formula is C17H21NO. The average Bonchev–Trinajstić information content (AvgIpc) is 2.40. The topological polar surface area (TPSA) is 29.1 Å². The van der Waals surface area contributed by atoms with Crippen LogP contribution < -0.4 is 5.32 Å². The highest BCUT2D eigenvalue weighted by Gasteiger charge is 2.06. The molecular weight excluding hydrogens is 234 g/mol. The number of carbonyl (C=O) groups excluding carboxylic acids is 1. The number of rotatable bonds is 6. The molecule has 0 radical (unpaired) electrons. The third kappa shape index (κ3) is 4.96.